The Morgan fingerprint density at radius 1 is 1.30 bits per heavy atom. The minimum Gasteiger partial charge on any atom is -0.468 e. The molecule has 20 heavy (non-hydrogen) atoms. The average Bonchev–Trinajstić information content (AvgIpc) is 3.20. The van der Waals surface area contributed by atoms with Gasteiger partial charge in [-0.2, -0.15) is 0 Å². The lowest BCUT2D eigenvalue weighted by Crippen LogP contribution is -2.42. The zero-order valence-corrected chi connectivity index (χ0v) is 13.8. The fraction of sp³-hybridized carbons (Fsp3) is 0.600. The summed E-state index contributed by atoms with van der Waals surface area (Å²) >= 11 is 3.24. The van der Waals surface area contributed by atoms with Crippen molar-refractivity contribution in [2.75, 3.05) is 13.7 Å². The van der Waals surface area contributed by atoms with Crippen LogP contribution in [0.5, 0.6) is 0 Å². The van der Waals surface area contributed by atoms with Gasteiger partial charge in [0.15, 0.2) is 5.41 Å². The third kappa shape index (κ3) is 3.95. The van der Waals surface area contributed by atoms with Crippen molar-refractivity contribution in [2.45, 2.75) is 39.5 Å². The third-order valence-corrected chi connectivity index (χ3v) is 3.69. The van der Waals surface area contributed by atoms with Crippen LogP contribution in [0, 0.1) is 5.41 Å². The first-order valence-electron chi connectivity index (χ1n) is 6.63. The van der Waals surface area contributed by atoms with Gasteiger partial charge in [-0.05, 0) is 37.6 Å². The summed E-state index contributed by atoms with van der Waals surface area (Å²) in [6.45, 7) is 7.65. The first-order valence-corrected chi connectivity index (χ1v) is 7.43. The van der Waals surface area contributed by atoms with E-state index in [-0.39, 0.29) is 13.0 Å². The number of carbonyl (C=O) groups is 2. The Bertz CT molecular complexity index is 447. The molecule has 0 aromatic carbocycles. The third-order valence-electron chi connectivity index (χ3n) is 3.41. The second kappa shape index (κ2) is 7.07. The SMILES string of the molecule is C=C(Br)CC(CC(C)=C1CC1)(C(=O)OC)C(=O)OCC. The van der Waals surface area contributed by atoms with Gasteiger partial charge in [0.2, 0.25) is 0 Å². The van der Waals surface area contributed by atoms with Crippen LogP contribution in [0.15, 0.2) is 22.2 Å². The van der Waals surface area contributed by atoms with E-state index in [2.05, 4.69) is 22.5 Å². The summed E-state index contributed by atoms with van der Waals surface area (Å²) in [5.41, 5.74) is 1.03. The van der Waals surface area contributed by atoms with Gasteiger partial charge < -0.3 is 9.47 Å². The molecule has 4 nitrogen and oxygen atoms in total. The number of halogens is 1. The molecule has 0 aromatic rings. The van der Waals surface area contributed by atoms with Gasteiger partial charge in [0.05, 0.1) is 13.7 Å². The van der Waals surface area contributed by atoms with E-state index in [1.54, 1.807) is 6.92 Å². The normalized spacial score (nSPS) is 16.1. The van der Waals surface area contributed by atoms with Crippen LogP contribution < -0.4 is 0 Å². The molecule has 0 radical (unpaired) electrons. The van der Waals surface area contributed by atoms with Crippen LogP contribution in [0.4, 0.5) is 0 Å². The summed E-state index contributed by atoms with van der Waals surface area (Å²) in [5.74, 6) is -1.12. The number of allylic oxidation sites excluding steroid dienone is 3. The summed E-state index contributed by atoms with van der Waals surface area (Å²) < 4.78 is 10.5. The Hall–Kier alpha value is -1.10. The molecule has 1 unspecified atom stereocenters. The van der Waals surface area contributed by atoms with Crippen LogP contribution in [0.2, 0.25) is 0 Å². The molecule has 0 amide bonds. The van der Waals surface area contributed by atoms with Crippen molar-refractivity contribution in [3.63, 3.8) is 0 Å². The number of methoxy groups -OCH3 is 1. The molecule has 0 heterocycles. The lowest BCUT2D eigenvalue weighted by atomic mass is 9.78. The highest BCUT2D eigenvalue weighted by Gasteiger charge is 2.49. The first-order chi connectivity index (χ1) is 9.37. The van der Waals surface area contributed by atoms with Gasteiger partial charge in [-0.15, -0.1) is 0 Å². The van der Waals surface area contributed by atoms with Gasteiger partial charge in [0, 0.05) is 6.42 Å². The van der Waals surface area contributed by atoms with Crippen LogP contribution in [0.3, 0.4) is 0 Å². The highest BCUT2D eigenvalue weighted by atomic mass is 79.9. The van der Waals surface area contributed by atoms with E-state index >= 15 is 0 Å². The van der Waals surface area contributed by atoms with Crippen molar-refractivity contribution in [2.24, 2.45) is 5.41 Å². The van der Waals surface area contributed by atoms with Gasteiger partial charge in [-0.25, -0.2) is 0 Å². The van der Waals surface area contributed by atoms with Crippen molar-refractivity contribution in [3.05, 3.63) is 22.2 Å². The number of ether oxygens (including phenoxy) is 2. The lowest BCUT2D eigenvalue weighted by Gasteiger charge is -2.29. The maximum absolute atomic E-state index is 12.4. The lowest BCUT2D eigenvalue weighted by molar-refractivity contribution is -0.170. The smallest absolute Gasteiger partial charge is 0.324 e. The number of carbonyl (C=O) groups excluding carboxylic acids is 2. The molecule has 1 rings (SSSR count). The average molecular weight is 345 g/mol. The van der Waals surface area contributed by atoms with Gasteiger partial charge in [-0.1, -0.05) is 33.7 Å². The molecule has 0 spiro atoms. The topological polar surface area (TPSA) is 52.6 Å². The van der Waals surface area contributed by atoms with Crippen molar-refractivity contribution in [1.29, 1.82) is 0 Å². The maximum Gasteiger partial charge on any atom is 0.324 e. The van der Waals surface area contributed by atoms with Crippen LogP contribution >= 0.6 is 15.9 Å². The molecular formula is C15H21BrO4. The zero-order chi connectivity index (χ0) is 15.3. The fourth-order valence-electron chi connectivity index (χ4n) is 2.29. The first kappa shape index (κ1) is 17.0. The van der Waals surface area contributed by atoms with Crippen molar-refractivity contribution in [1.82, 2.24) is 0 Å². The quantitative estimate of drug-likeness (QED) is 0.403. The van der Waals surface area contributed by atoms with Gasteiger partial charge >= 0.3 is 11.9 Å². The van der Waals surface area contributed by atoms with Crippen molar-refractivity contribution < 1.29 is 19.1 Å². The van der Waals surface area contributed by atoms with Crippen molar-refractivity contribution >= 4 is 27.9 Å². The highest BCUT2D eigenvalue weighted by Crippen LogP contribution is 2.42. The summed E-state index contributed by atoms with van der Waals surface area (Å²) in [6.07, 6.45) is 2.57. The number of hydrogen-bond donors (Lipinski definition) is 0. The largest absolute Gasteiger partial charge is 0.468 e. The Morgan fingerprint density at radius 3 is 2.30 bits per heavy atom. The molecule has 112 valence electrons. The molecule has 0 aliphatic heterocycles. The van der Waals surface area contributed by atoms with E-state index < -0.39 is 17.4 Å². The second-order valence-electron chi connectivity index (χ2n) is 5.05. The fourth-order valence-corrected chi connectivity index (χ4v) is 2.77. The summed E-state index contributed by atoms with van der Waals surface area (Å²) in [6, 6.07) is 0. The molecular weight excluding hydrogens is 324 g/mol. The van der Waals surface area contributed by atoms with Crippen LogP contribution in [-0.4, -0.2) is 25.7 Å². The van der Waals surface area contributed by atoms with Gasteiger partial charge in [0.1, 0.15) is 0 Å². The molecule has 0 bridgehead atoms. The van der Waals surface area contributed by atoms with E-state index in [4.69, 9.17) is 9.47 Å². The molecule has 1 saturated carbocycles. The Labute approximate surface area is 128 Å². The Kier molecular flexibility index (Phi) is 5.99. The van der Waals surface area contributed by atoms with Crippen LogP contribution in [-0.2, 0) is 19.1 Å². The zero-order valence-electron chi connectivity index (χ0n) is 12.3. The summed E-state index contributed by atoms with van der Waals surface area (Å²) in [7, 11) is 1.28. The van der Waals surface area contributed by atoms with Crippen molar-refractivity contribution in [3.8, 4) is 0 Å². The maximum atomic E-state index is 12.4. The standard InChI is InChI=1S/C15H21BrO4/c1-5-20-14(18)15(9-11(3)16,13(17)19-4)8-10(2)12-6-7-12/h3,5-9H2,1-2,4H3. The summed E-state index contributed by atoms with van der Waals surface area (Å²) in [4.78, 5) is 24.6. The molecule has 0 N–H and O–H groups in total. The number of hydrogen-bond acceptors (Lipinski definition) is 4. The Balaban J connectivity index is 3.16. The molecule has 0 saturated heterocycles. The molecule has 0 aromatic heterocycles. The second-order valence-corrected chi connectivity index (χ2v) is 6.17. The monoisotopic (exact) mass is 344 g/mol. The van der Waals surface area contributed by atoms with Crippen LogP contribution in [0.1, 0.15) is 39.5 Å². The Morgan fingerprint density at radius 2 is 1.90 bits per heavy atom. The van der Waals surface area contributed by atoms with Crippen LogP contribution in [0.25, 0.3) is 0 Å². The van der Waals surface area contributed by atoms with Gasteiger partial charge in [-0.3, -0.25) is 9.59 Å². The summed E-state index contributed by atoms with van der Waals surface area (Å²) in [5, 5.41) is 0. The van der Waals surface area contributed by atoms with E-state index in [1.807, 2.05) is 6.92 Å². The molecule has 5 heteroatoms. The molecule has 1 fully saturated rings. The number of rotatable bonds is 7. The van der Waals surface area contributed by atoms with E-state index in [1.165, 1.54) is 12.7 Å². The predicted molar refractivity (Wildman–Crippen MR) is 80.3 cm³/mol. The minimum absolute atomic E-state index is 0.170. The van der Waals surface area contributed by atoms with E-state index in [0.29, 0.717) is 10.9 Å². The molecule has 1 atom stereocenters. The van der Waals surface area contributed by atoms with E-state index in [0.717, 1.165) is 18.4 Å². The number of esters is 2. The van der Waals surface area contributed by atoms with Gasteiger partial charge in [0.25, 0.3) is 0 Å². The molecule has 1 aliphatic carbocycles. The minimum atomic E-state index is -1.34. The predicted octanol–water partition coefficient (Wildman–Crippen LogP) is 3.51. The highest BCUT2D eigenvalue weighted by molar-refractivity contribution is 9.11. The molecule has 1 aliphatic rings. The van der Waals surface area contributed by atoms with E-state index in [9.17, 15) is 9.59 Å².